The lowest BCUT2D eigenvalue weighted by Gasteiger charge is -2.09. The van der Waals surface area contributed by atoms with Crippen LogP contribution in [0.4, 0.5) is 11.4 Å². The molecular formula is C11H11N3O3. The largest absolute Gasteiger partial charge is 0.325 e. The lowest BCUT2D eigenvalue weighted by atomic mass is 10.2. The van der Waals surface area contributed by atoms with Crippen molar-refractivity contribution in [3.63, 3.8) is 0 Å². The lowest BCUT2D eigenvalue weighted by molar-refractivity contribution is -0.384. The molecule has 0 saturated heterocycles. The Hall–Kier alpha value is -2.39. The number of non-ortho nitro benzene ring substituents is 1. The predicted octanol–water partition coefficient (Wildman–Crippen LogP) is 0.884. The van der Waals surface area contributed by atoms with Gasteiger partial charge in [-0.3, -0.25) is 14.9 Å². The second-order valence-corrected chi connectivity index (χ2v) is 3.31. The lowest BCUT2D eigenvalue weighted by Crippen LogP contribution is -2.35. The number of nitro benzene ring substituents is 1. The summed E-state index contributed by atoms with van der Waals surface area (Å²) in [5, 5.41) is 12.9. The average Bonchev–Trinajstić information content (AvgIpc) is 2.30. The second kappa shape index (κ2) is 5.63. The SMILES string of the molecule is C#CCC(N)C(=O)Nc1ccc([N+](=O)[O-])cc1. The van der Waals surface area contributed by atoms with Gasteiger partial charge in [-0.05, 0) is 12.1 Å². The molecule has 88 valence electrons. The number of hydrogen-bond acceptors (Lipinski definition) is 4. The van der Waals surface area contributed by atoms with Crippen LogP contribution in [0.25, 0.3) is 0 Å². The Kier molecular flexibility index (Phi) is 4.20. The van der Waals surface area contributed by atoms with Crippen molar-refractivity contribution in [1.82, 2.24) is 0 Å². The molecule has 0 aliphatic rings. The summed E-state index contributed by atoms with van der Waals surface area (Å²) >= 11 is 0. The smallest absolute Gasteiger partial charge is 0.269 e. The van der Waals surface area contributed by atoms with Gasteiger partial charge in [-0.25, -0.2) is 0 Å². The van der Waals surface area contributed by atoms with E-state index < -0.39 is 16.9 Å². The highest BCUT2D eigenvalue weighted by Crippen LogP contribution is 2.15. The maximum Gasteiger partial charge on any atom is 0.269 e. The van der Waals surface area contributed by atoms with Crippen molar-refractivity contribution in [1.29, 1.82) is 0 Å². The minimum atomic E-state index is -0.782. The van der Waals surface area contributed by atoms with Crippen LogP contribution in [0.2, 0.25) is 0 Å². The number of nitrogens with two attached hydrogens (primary N) is 1. The van der Waals surface area contributed by atoms with E-state index in [0.29, 0.717) is 5.69 Å². The Bertz CT molecular complexity index is 462. The maximum absolute atomic E-state index is 11.5. The molecule has 0 spiro atoms. The van der Waals surface area contributed by atoms with Gasteiger partial charge in [0, 0.05) is 24.2 Å². The highest BCUT2D eigenvalue weighted by atomic mass is 16.6. The topological polar surface area (TPSA) is 98.3 Å². The quantitative estimate of drug-likeness (QED) is 0.458. The minimum absolute atomic E-state index is 0.0454. The number of hydrogen-bond donors (Lipinski definition) is 2. The van der Waals surface area contributed by atoms with Gasteiger partial charge in [-0.1, -0.05) is 0 Å². The number of carbonyl (C=O) groups excluding carboxylic acids is 1. The Morgan fingerprint density at radius 1 is 1.53 bits per heavy atom. The molecule has 0 aliphatic heterocycles. The molecule has 6 nitrogen and oxygen atoms in total. The molecule has 0 aromatic heterocycles. The fraction of sp³-hybridized carbons (Fsp3) is 0.182. The first kappa shape index (κ1) is 12.7. The molecule has 0 saturated carbocycles. The number of nitro groups is 1. The molecule has 1 aromatic carbocycles. The van der Waals surface area contributed by atoms with E-state index in [2.05, 4.69) is 11.2 Å². The average molecular weight is 233 g/mol. The number of anilines is 1. The fourth-order valence-electron chi connectivity index (χ4n) is 1.12. The zero-order valence-electron chi connectivity index (χ0n) is 8.92. The van der Waals surface area contributed by atoms with Gasteiger partial charge in [0.15, 0.2) is 0 Å². The predicted molar refractivity (Wildman–Crippen MR) is 63.2 cm³/mol. The van der Waals surface area contributed by atoms with Crippen LogP contribution in [0, 0.1) is 22.5 Å². The van der Waals surface area contributed by atoms with Gasteiger partial charge in [0.25, 0.3) is 5.69 Å². The Labute approximate surface area is 98.0 Å². The first-order chi connectivity index (χ1) is 8.04. The third-order valence-corrected chi connectivity index (χ3v) is 2.02. The van der Waals surface area contributed by atoms with Crippen molar-refractivity contribution in [2.24, 2.45) is 5.73 Å². The number of nitrogens with zero attached hydrogens (tertiary/aromatic N) is 1. The highest BCUT2D eigenvalue weighted by Gasteiger charge is 2.12. The van der Waals surface area contributed by atoms with Crippen LogP contribution >= 0.6 is 0 Å². The normalized spacial score (nSPS) is 11.3. The molecular weight excluding hydrogens is 222 g/mol. The van der Waals surface area contributed by atoms with Crippen LogP contribution in [0.1, 0.15) is 6.42 Å². The molecule has 0 radical (unpaired) electrons. The summed E-state index contributed by atoms with van der Waals surface area (Å²) in [6, 6.07) is 4.66. The Morgan fingerprint density at radius 3 is 2.59 bits per heavy atom. The zero-order valence-corrected chi connectivity index (χ0v) is 8.92. The molecule has 17 heavy (non-hydrogen) atoms. The third-order valence-electron chi connectivity index (χ3n) is 2.02. The van der Waals surface area contributed by atoms with Crippen LogP contribution < -0.4 is 11.1 Å². The van der Waals surface area contributed by atoms with Crippen molar-refractivity contribution in [3.05, 3.63) is 34.4 Å². The number of carbonyl (C=O) groups is 1. The summed E-state index contributed by atoms with van der Waals surface area (Å²) in [6.07, 6.45) is 5.17. The summed E-state index contributed by atoms with van der Waals surface area (Å²) in [5.41, 5.74) is 5.88. The molecule has 6 heteroatoms. The van der Waals surface area contributed by atoms with E-state index in [0.717, 1.165) is 0 Å². The maximum atomic E-state index is 11.5. The number of rotatable bonds is 4. The molecule has 1 amide bonds. The van der Waals surface area contributed by atoms with Crippen LogP contribution in [0.15, 0.2) is 24.3 Å². The summed E-state index contributed by atoms with van der Waals surface area (Å²) in [4.78, 5) is 21.3. The van der Waals surface area contributed by atoms with E-state index in [1.807, 2.05) is 0 Å². The molecule has 1 aromatic rings. The van der Waals surface area contributed by atoms with Gasteiger partial charge in [0.2, 0.25) is 5.91 Å². The van der Waals surface area contributed by atoms with Gasteiger partial charge in [0.05, 0.1) is 11.0 Å². The first-order valence-electron chi connectivity index (χ1n) is 4.79. The second-order valence-electron chi connectivity index (χ2n) is 3.31. The number of terminal acetylenes is 1. The standard InChI is InChI=1S/C11H11N3O3/c1-2-3-10(12)11(15)13-8-4-6-9(7-5-8)14(16)17/h1,4-7,10H,3,12H2,(H,13,15). The van der Waals surface area contributed by atoms with Crippen LogP contribution in [-0.4, -0.2) is 16.9 Å². The summed E-state index contributed by atoms with van der Waals surface area (Å²) in [6.45, 7) is 0. The molecule has 0 heterocycles. The summed E-state index contributed by atoms with van der Waals surface area (Å²) < 4.78 is 0. The van der Waals surface area contributed by atoms with E-state index >= 15 is 0 Å². The molecule has 1 atom stereocenters. The molecule has 0 fully saturated rings. The van der Waals surface area contributed by atoms with Crippen molar-refractivity contribution in [2.75, 3.05) is 5.32 Å². The molecule has 0 aliphatic carbocycles. The number of benzene rings is 1. The molecule has 3 N–H and O–H groups in total. The van der Waals surface area contributed by atoms with E-state index in [-0.39, 0.29) is 12.1 Å². The van der Waals surface area contributed by atoms with Gasteiger partial charge < -0.3 is 11.1 Å². The molecule has 1 unspecified atom stereocenters. The van der Waals surface area contributed by atoms with Crippen LogP contribution in [0.5, 0.6) is 0 Å². The van der Waals surface area contributed by atoms with Gasteiger partial charge >= 0.3 is 0 Å². The Balaban J connectivity index is 2.67. The zero-order chi connectivity index (χ0) is 12.8. The van der Waals surface area contributed by atoms with Gasteiger partial charge in [0.1, 0.15) is 0 Å². The first-order valence-corrected chi connectivity index (χ1v) is 4.79. The van der Waals surface area contributed by atoms with Gasteiger partial charge in [-0.15, -0.1) is 12.3 Å². The van der Waals surface area contributed by atoms with E-state index in [9.17, 15) is 14.9 Å². The number of amides is 1. The summed E-state index contributed by atoms with van der Waals surface area (Å²) in [7, 11) is 0. The van der Waals surface area contributed by atoms with E-state index in [4.69, 9.17) is 12.2 Å². The number of nitrogens with one attached hydrogen (secondary N) is 1. The van der Waals surface area contributed by atoms with Crippen LogP contribution in [-0.2, 0) is 4.79 Å². The highest BCUT2D eigenvalue weighted by molar-refractivity contribution is 5.94. The van der Waals surface area contributed by atoms with E-state index in [1.165, 1.54) is 24.3 Å². The van der Waals surface area contributed by atoms with Crippen molar-refractivity contribution < 1.29 is 9.72 Å². The fourth-order valence-corrected chi connectivity index (χ4v) is 1.12. The third kappa shape index (κ3) is 3.59. The monoisotopic (exact) mass is 233 g/mol. The van der Waals surface area contributed by atoms with Crippen LogP contribution in [0.3, 0.4) is 0 Å². The van der Waals surface area contributed by atoms with Gasteiger partial charge in [-0.2, -0.15) is 0 Å². The van der Waals surface area contributed by atoms with Crippen molar-refractivity contribution >= 4 is 17.3 Å². The van der Waals surface area contributed by atoms with Crippen molar-refractivity contribution in [2.45, 2.75) is 12.5 Å². The summed E-state index contributed by atoms with van der Waals surface area (Å²) in [5.74, 6) is 1.86. The Morgan fingerprint density at radius 2 is 2.12 bits per heavy atom. The molecule has 1 rings (SSSR count). The van der Waals surface area contributed by atoms with E-state index in [1.54, 1.807) is 0 Å². The molecule has 0 bridgehead atoms. The minimum Gasteiger partial charge on any atom is -0.325 e. The van der Waals surface area contributed by atoms with Crippen molar-refractivity contribution in [3.8, 4) is 12.3 Å².